The van der Waals surface area contributed by atoms with Gasteiger partial charge in [-0.25, -0.2) is 4.79 Å². The molecule has 0 aromatic rings. The number of nitrogens with one attached hydrogen (secondary N) is 1. The van der Waals surface area contributed by atoms with Gasteiger partial charge in [0, 0.05) is 20.1 Å². The van der Waals surface area contributed by atoms with Crippen LogP contribution < -0.4 is 11.1 Å². The quantitative estimate of drug-likeness (QED) is 0.470. The molecule has 0 radical (unpaired) electrons. The highest BCUT2D eigenvalue weighted by Crippen LogP contribution is 1.94. The van der Waals surface area contributed by atoms with Gasteiger partial charge >= 0.3 is 5.97 Å². The van der Waals surface area contributed by atoms with E-state index in [0.717, 1.165) is 0 Å². The molecule has 0 saturated heterocycles. The average Bonchev–Trinajstić information content (AvgIpc) is 2.18. The van der Waals surface area contributed by atoms with Crippen LogP contribution in [-0.2, 0) is 14.3 Å². The third-order valence-corrected chi connectivity index (χ3v) is 1.73. The Morgan fingerprint density at radius 3 is 2.60 bits per heavy atom. The number of rotatable bonds is 6. The van der Waals surface area contributed by atoms with Gasteiger partial charge in [0.15, 0.2) is 0 Å². The number of hydrogen-bond donors (Lipinski definition) is 3. The van der Waals surface area contributed by atoms with Crippen LogP contribution in [0.15, 0.2) is 0 Å². The number of nitrogens with two attached hydrogens (primary N) is 1. The van der Waals surface area contributed by atoms with Crippen LogP contribution in [0.4, 0.5) is 0 Å². The van der Waals surface area contributed by atoms with Gasteiger partial charge in [0.25, 0.3) is 5.91 Å². The number of carbonyl (C=O) groups excluding carboxylic acids is 1. The minimum Gasteiger partial charge on any atom is -0.480 e. The second-order valence-corrected chi connectivity index (χ2v) is 2.77. The van der Waals surface area contributed by atoms with Crippen molar-refractivity contribution in [2.24, 2.45) is 5.73 Å². The highest BCUT2D eigenvalue weighted by Gasteiger charge is 2.23. The summed E-state index contributed by atoms with van der Waals surface area (Å²) in [6, 6.07) is -1.10. The van der Waals surface area contributed by atoms with Gasteiger partial charge in [-0.15, -0.1) is 12.3 Å². The van der Waals surface area contributed by atoms with Crippen molar-refractivity contribution >= 4 is 11.9 Å². The van der Waals surface area contributed by atoms with Crippen LogP contribution in [0.3, 0.4) is 0 Å². The first-order valence-electron chi connectivity index (χ1n) is 4.26. The lowest BCUT2D eigenvalue weighted by molar-refractivity contribution is -0.143. The van der Waals surface area contributed by atoms with Gasteiger partial charge < -0.3 is 20.9 Å². The fourth-order valence-corrected chi connectivity index (χ4v) is 0.893. The maximum Gasteiger partial charge on any atom is 0.327 e. The molecule has 6 heteroatoms. The molecular weight excluding hydrogens is 200 g/mol. The molecular formula is C9H14N2O4. The zero-order valence-corrected chi connectivity index (χ0v) is 8.40. The molecule has 0 aromatic heterocycles. The van der Waals surface area contributed by atoms with E-state index in [-0.39, 0.29) is 13.0 Å². The molecule has 0 saturated carbocycles. The van der Waals surface area contributed by atoms with Crippen molar-refractivity contribution in [1.82, 2.24) is 5.32 Å². The number of methoxy groups -OCH3 is 1. The first-order valence-corrected chi connectivity index (χ1v) is 4.26. The Morgan fingerprint density at radius 1 is 1.67 bits per heavy atom. The van der Waals surface area contributed by atoms with E-state index in [1.807, 2.05) is 0 Å². The molecule has 0 aliphatic carbocycles. The maximum absolute atomic E-state index is 11.3. The summed E-state index contributed by atoms with van der Waals surface area (Å²) in [5.74, 6) is 0.394. The van der Waals surface area contributed by atoms with Crippen LogP contribution >= 0.6 is 0 Å². The largest absolute Gasteiger partial charge is 0.480 e. The van der Waals surface area contributed by atoms with Crippen LogP contribution in [0.1, 0.15) is 6.42 Å². The van der Waals surface area contributed by atoms with Crippen molar-refractivity contribution in [2.45, 2.75) is 18.6 Å². The third kappa shape index (κ3) is 4.44. The predicted molar refractivity (Wildman–Crippen MR) is 52.9 cm³/mol. The number of ether oxygens (including phenoxy) is 1. The molecule has 2 atom stereocenters. The van der Waals surface area contributed by atoms with Crippen molar-refractivity contribution in [3.8, 4) is 12.3 Å². The summed E-state index contributed by atoms with van der Waals surface area (Å²) in [4.78, 5) is 22.0. The van der Waals surface area contributed by atoms with Gasteiger partial charge in [0.2, 0.25) is 0 Å². The van der Waals surface area contributed by atoms with Gasteiger partial charge in [-0.3, -0.25) is 4.79 Å². The molecule has 0 bridgehead atoms. The van der Waals surface area contributed by atoms with E-state index in [2.05, 4.69) is 11.2 Å². The summed E-state index contributed by atoms with van der Waals surface area (Å²) in [5, 5.41) is 10.9. The molecule has 0 fully saturated rings. The van der Waals surface area contributed by atoms with Crippen molar-refractivity contribution in [3.63, 3.8) is 0 Å². The van der Waals surface area contributed by atoms with E-state index < -0.39 is 24.0 Å². The summed E-state index contributed by atoms with van der Waals surface area (Å²) in [7, 11) is 1.31. The molecule has 1 amide bonds. The van der Waals surface area contributed by atoms with E-state index in [9.17, 15) is 9.59 Å². The minimum absolute atomic E-state index is 0.0231. The summed E-state index contributed by atoms with van der Waals surface area (Å²) in [6.45, 7) is -0.0231. The zero-order chi connectivity index (χ0) is 11.8. The average molecular weight is 214 g/mol. The molecule has 84 valence electrons. The molecule has 4 N–H and O–H groups in total. The van der Waals surface area contributed by atoms with Crippen molar-refractivity contribution < 1.29 is 19.4 Å². The number of carbonyl (C=O) groups is 2. The van der Waals surface area contributed by atoms with E-state index in [1.54, 1.807) is 0 Å². The Bertz CT molecular complexity index is 268. The van der Waals surface area contributed by atoms with Crippen LogP contribution in [0.2, 0.25) is 0 Å². The van der Waals surface area contributed by atoms with Crippen molar-refractivity contribution in [1.29, 1.82) is 0 Å². The Kier molecular flexibility index (Phi) is 6.09. The Balaban J connectivity index is 4.35. The number of amides is 1. The second-order valence-electron chi connectivity index (χ2n) is 2.77. The van der Waals surface area contributed by atoms with Gasteiger partial charge in [-0.1, -0.05) is 0 Å². The smallest absolute Gasteiger partial charge is 0.327 e. The minimum atomic E-state index is -1.19. The molecule has 0 rings (SSSR count). The lowest BCUT2D eigenvalue weighted by Gasteiger charge is -2.16. The second kappa shape index (κ2) is 6.81. The lowest BCUT2D eigenvalue weighted by Crippen LogP contribution is -2.48. The molecule has 15 heavy (non-hydrogen) atoms. The lowest BCUT2D eigenvalue weighted by atomic mass is 10.2. The standard InChI is InChI=1S/C9H14N2O4/c1-3-4-6(9(13)14)11-8(12)7(5-10)15-2/h1,6-7H,4-5,10H2,2H3,(H,11,12)(H,13,14). The predicted octanol–water partition coefficient (Wildman–Crippen LogP) is -1.45. The molecule has 0 aromatic carbocycles. The maximum atomic E-state index is 11.3. The monoisotopic (exact) mass is 214 g/mol. The van der Waals surface area contributed by atoms with Crippen molar-refractivity contribution in [3.05, 3.63) is 0 Å². The van der Waals surface area contributed by atoms with Crippen LogP contribution in [0.5, 0.6) is 0 Å². The zero-order valence-electron chi connectivity index (χ0n) is 8.40. The van der Waals surface area contributed by atoms with Gasteiger partial charge in [-0.2, -0.15) is 0 Å². The number of carboxylic acids is 1. The van der Waals surface area contributed by atoms with Gasteiger partial charge in [0.1, 0.15) is 12.1 Å². The Morgan fingerprint density at radius 2 is 2.27 bits per heavy atom. The van der Waals surface area contributed by atoms with Crippen LogP contribution in [0.25, 0.3) is 0 Å². The molecule has 0 aliphatic rings. The SMILES string of the molecule is C#CCC(NC(=O)C(CN)OC)C(=O)O. The summed E-state index contributed by atoms with van der Waals surface area (Å²) in [6.07, 6.45) is 4.03. The normalized spacial score (nSPS) is 13.7. The highest BCUT2D eigenvalue weighted by molar-refractivity contribution is 5.86. The van der Waals surface area contributed by atoms with E-state index in [1.165, 1.54) is 7.11 Å². The van der Waals surface area contributed by atoms with E-state index in [4.69, 9.17) is 22.0 Å². The molecule has 2 unspecified atom stereocenters. The topological polar surface area (TPSA) is 102 Å². The highest BCUT2D eigenvalue weighted by atomic mass is 16.5. The van der Waals surface area contributed by atoms with Crippen molar-refractivity contribution in [2.75, 3.05) is 13.7 Å². The Labute approximate surface area is 87.8 Å². The number of aliphatic carboxylic acids is 1. The summed E-state index contributed by atoms with van der Waals surface area (Å²) >= 11 is 0. The van der Waals surface area contributed by atoms with Crippen LogP contribution in [0, 0.1) is 12.3 Å². The van der Waals surface area contributed by atoms with Crippen LogP contribution in [-0.4, -0.2) is 42.8 Å². The number of terminal acetylenes is 1. The molecule has 0 aliphatic heterocycles. The Hall–Kier alpha value is -1.58. The fraction of sp³-hybridized carbons (Fsp3) is 0.556. The van der Waals surface area contributed by atoms with Gasteiger partial charge in [0.05, 0.1) is 0 Å². The van der Waals surface area contributed by atoms with Gasteiger partial charge in [-0.05, 0) is 0 Å². The van der Waals surface area contributed by atoms with E-state index >= 15 is 0 Å². The number of hydrogen-bond acceptors (Lipinski definition) is 4. The van der Waals surface area contributed by atoms with E-state index in [0.29, 0.717) is 0 Å². The number of carboxylic acid groups (broad SMARTS) is 1. The molecule has 6 nitrogen and oxygen atoms in total. The molecule has 0 heterocycles. The summed E-state index contributed by atoms with van der Waals surface area (Å²) < 4.78 is 4.74. The summed E-state index contributed by atoms with van der Waals surface area (Å²) in [5.41, 5.74) is 5.24. The fourth-order valence-electron chi connectivity index (χ4n) is 0.893. The molecule has 0 spiro atoms. The first kappa shape index (κ1) is 13.4. The third-order valence-electron chi connectivity index (χ3n) is 1.73. The first-order chi connectivity index (χ1) is 7.06.